The lowest BCUT2D eigenvalue weighted by molar-refractivity contribution is 0.0520. The lowest BCUT2D eigenvalue weighted by Gasteiger charge is -2.09. The molecule has 0 spiro atoms. The molecule has 3 rings (SSSR count). The van der Waals surface area contributed by atoms with Gasteiger partial charge in [-0.2, -0.15) is 18.6 Å². The molecule has 2 N–H and O–H groups in total. The zero-order chi connectivity index (χ0) is 20.3. The number of carbonyl (C=O) groups excluding carboxylic acids is 1. The predicted molar refractivity (Wildman–Crippen MR) is 95.7 cm³/mol. The van der Waals surface area contributed by atoms with Crippen LogP contribution >= 0.6 is 11.6 Å². The van der Waals surface area contributed by atoms with E-state index < -0.39 is 22.5 Å². The average molecular weight is 429 g/mol. The van der Waals surface area contributed by atoms with Crippen LogP contribution < -0.4 is 10.0 Å². The Morgan fingerprint density at radius 3 is 2.39 bits per heavy atom. The summed E-state index contributed by atoms with van der Waals surface area (Å²) in [7, 11) is -3.95. The first-order valence-electron chi connectivity index (χ1n) is 7.51. The molecule has 9 nitrogen and oxygen atoms in total. The molecule has 0 aliphatic heterocycles. The summed E-state index contributed by atoms with van der Waals surface area (Å²) in [6, 6.07) is 8.92. The van der Waals surface area contributed by atoms with Gasteiger partial charge in [-0.1, -0.05) is 11.6 Å². The number of hydrogen-bond donors (Lipinski definition) is 2. The fraction of sp³-hybridized carbons (Fsp3) is 0.0667. The van der Waals surface area contributed by atoms with E-state index in [0.29, 0.717) is 0 Å². The van der Waals surface area contributed by atoms with Gasteiger partial charge in [-0.15, -0.1) is 10.2 Å². The van der Waals surface area contributed by atoms with Crippen molar-refractivity contribution in [1.29, 1.82) is 0 Å². The number of alkyl halides is 2. The lowest BCUT2D eigenvalue weighted by Crippen LogP contribution is -2.18. The van der Waals surface area contributed by atoms with Crippen LogP contribution in [-0.4, -0.2) is 34.3 Å². The van der Waals surface area contributed by atoms with Crippen molar-refractivity contribution in [1.82, 2.24) is 20.0 Å². The van der Waals surface area contributed by atoms with Crippen molar-refractivity contribution in [3.8, 4) is 0 Å². The van der Waals surface area contributed by atoms with Gasteiger partial charge < -0.3 is 5.32 Å². The number of halogens is 3. The number of carbonyl (C=O) groups is 1. The number of hydrogen-bond acceptors (Lipinski definition) is 6. The second kappa shape index (κ2) is 7.86. The molecule has 0 radical (unpaired) electrons. The summed E-state index contributed by atoms with van der Waals surface area (Å²) in [6.07, 6.45) is 1.07. The monoisotopic (exact) mass is 428 g/mol. The Balaban J connectivity index is 1.73. The van der Waals surface area contributed by atoms with Crippen molar-refractivity contribution in [2.24, 2.45) is 0 Å². The van der Waals surface area contributed by atoms with Crippen molar-refractivity contribution in [2.45, 2.75) is 11.4 Å². The number of benzene rings is 1. The van der Waals surface area contributed by atoms with Crippen molar-refractivity contribution in [2.75, 3.05) is 10.0 Å². The van der Waals surface area contributed by atoms with E-state index in [4.69, 9.17) is 11.6 Å². The molecule has 0 saturated heterocycles. The van der Waals surface area contributed by atoms with Gasteiger partial charge in [-0.3, -0.25) is 9.52 Å². The fourth-order valence-corrected chi connectivity index (χ4v) is 3.23. The molecular formula is C15H11ClF2N6O3S. The topological polar surface area (TPSA) is 119 Å². The largest absolute Gasteiger partial charge is 0.333 e. The SMILES string of the molecule is O=C(Nc1ccc(S(=O)(=O)Nc2ccc(Cl)nn2)cc1)c1ccnn1C(F)F. The normalized spacial score (nSPS) is 11.4. The molecule has 1 aromatic carbocycles. The molecule has 0 atom stereocenters. The first kappa shape index (κ1) is 19.6. The highest BCUT2D eigenvalue weighted by molar-refractivity contribution is 7.92. The van der Waals surface area contributed by atoms with E-state index >= 15 is 0 Å². The van der Waals surface area contributed by atoms with E-state index in [2.05, 4.69) is 25.3 Å². The first-order valence-corrected chi connectivity index (χ1v) is 9.37. The van der Waals surface area contributed by atoms with E-state index in [1.54, 1.807) is 0 Å². The van der Waals surface area contributed by atoms with Crippen molar-refractivity contribution < 1.29 is 22.0 Å². The minimum Gasteiger partial charge on any atom is -0.321 e. The molecule has 0 unspecified atom stereocenters. The Morgan fingerprint density at radius 1 is 1.07 bits per heavy atom. The summed E-state index contributed by atoms with van der Waals surface area (Å²) in [4.78, 5) is 12.0. The molecule has 0 bridgehead atoms. The van der Waals surface area contributed by atoms with Crippen LogP contribution in [0.5, 0.6) is 0 Å². The third-order valence-corrected chi connectivity index (χ3v) is 4.95. The number of sulfonamides is 1. The van der Waals surface area contributed by atoms with Crippen LogP contribution in [0.1, 0.15) is 17.0 Å². The maximum absolute atomic E-state index is 12.8. The summed E-state index contributed by atoms with van der Waals surface area (Å²) in [6.45, 7) is -2.97. The molecule has 13 heteroatoms. The highest BCUT2D eigenvalue weighted by Crippen LogP contribution is 2.19. The van der Waals surface area contributed by atoms with Gasteiger partial charge in [0.2, 0.25) is 0 Å². The Hall–Kier alpha value is -3.12. The second-order valence-electron chi connectivity index (χ2n) is 5.26. The third-order valence-electron chi connectivity index (χ3n) is 3.38. The Morgan fingerprint density at radius 2 is 1.79 bits per heavy atom. The van der Waals surface area contributed by atoms with Crippen LogP contribution in [0, 0.1) is 0 Å². The van der Waals surface area contributed by atoms with Gasteiger partial charge in [0.05, 0.1) is 4.90 Å². The summed E-state index contributed by atoms with van der Waals surface area (Å²) >= 11 is 5.59. The van der Waals surface area contributed by atoms with Gasteiger partial charge in [0, 0.05) is 11.9 Å². The molecule has 2 aromatic heterocycles. The van der Waals surface area contributed by atoms with Crippen LogP contribution in [0.15, 0.2) is 53.6 Å². The molecule has 146 valence electrons. The highest BCUT2D eigenvalue weighted by atomic mass is 35.5. The summed E-state index contributed by atoms with van der Waals surface area (Å²) in [5, 5.41) is 13.0. The number of amides is 1. The lowest BCUT2D eigenvalue weighted by atomic mass is 10.3. The van der Waals surface area contributed by atoms with Crippen molar-refractivity contribution >= 4 is 39.0 Å². The highest BCUT2D eigenvalue weighted by Gasteiger charge is 2.19. The number of nitrogens with zero attached hydrogens (tertiary/aromatic N) is 4. The molecule has 1 amide bonds. The fourth-order valence-electron chi connectivity index (χ4n) is 2.13. The standard InChI is InChI=1S/C15H11ClF2N6O3S/c16-12-5-6-13(22-21-12)23-28(26,27)10-3-1-9(2-4-10)20-14(25)11-7-8-19-24(11)15(17)18/h1-8,15H,(H,20,25)(H,22,23). The Kier molecular flexibility index (Phi) is 5.51. The zero-order valence-electron chi connectivity index (χ0n) is 13.8. The Bertz CT molecular complexity index is 1090. The molecule has 0 fully saturated rings. The van der Waals surface area contributed by atoms with Crippen LogP contribution in [0.3, 0.4) is 0 Å². The van der Waals surface area contributed by atoms with E-state index in [9.17, 15) is 22.0 Å². The second-order valence-corrected chi connectivity index (χ2v) is 7.33. The van der Waals surface area contributed by atoms with Gasteiger partial charge in [0.15, 0.2) is 11.0 Å². The molecule has 2 heterocycles. The van der Waals surface area contributed by atoms with E-state index in [-0.39, 0.29) is 31.9 Å². The summed E-state index contributed by atoms with van der Waals surface area (Å²) in [5.74, 6) is -0.843. The smallest absolute Gasteiger partial charge is 0.321 e. The van der Waals surface area contributed by atoms with Gasteiger partial charge >= 0.3 is 6.55 Å². The number of aromatic nitrogens is 4. The molecule has 28 heavy (non-hydrogen) atoms. The molecule has 0 aliphatic carbocycles. The average Bonchev–Trinajstić information content (AvgIpc) is 3.14. The number of rotatable bonds is 6. The van der Waals surface area contributed by atoms with Gasteiger partial charge in [0.25, 0.3) is 15.9 Å². The zero-order valence-corrected chi connectivity index (χ0v) is 15.3. The quantitative estimate of drug-likeness (QED) is 0.623. The first-order chi connectivity index (χ1) is 13.3. The van der Waals surface area contributed by atoms with Crippen molar-refractivity contribution in [3.63, 3.8) is 0 Å². The summed E-state index contributed by atoms with van der Waals surface area (Å²) < 4.78 is 52.7. The summed E-state index contributed by atoms with van der Waals surface area (Å²) in [5.41, 5.74) is -0.132. The predicted octanol–water partition coefficient (Wildman–Crippen LogP) is 2.77. The maximum Gasteiger partial charge on any atom is 0.333 e. The number of nitrogens with one attached hydrogen (secondary N) is 2. The molecule has 0 aliphatic rings. The van der Waals surface area contributed by atoms with Crippen LogP contribution in [0.25, 0.3) is 0 Å². The van der Waals surface area contributed by atoms with E-state index in [1.807, 2.05) is 0 Å². The van der Waals surface area contributed by atoms with E-state index in [1.165, 1.54) is 36.4 Å². The van der Waals surface area contributed by atoms with E-state index in [0.717, 1.165) is 12.3 Å². The van der Waals surface area contributed by atoms with Crippen LogP contribution in [0.2, 0.25) is 5.15 Å². The number of anilines is 2. The van der Waals surface area contributed by atoms with Crippen LogP contribution in [-0.2, 0) is 10.0 Å². The maximum atomic E-state index is 12.8. The minimum absolute atomic E-state index is 0.0259. The molecule has 3 aromatic rings. The van der Waals surface area contributed by atoms with Crippen molar-refractivity contribution in [3.05, 3.63) is 59.5 Å². The van der Waals surface area contributed by atoms with Gasteiger partial charge in [-0.25, -0.2) is 8.42 Å². The molecule has 0 saturated carbocycles. The minimum atomic E-state index is -3.95. The Labute approximate surface area is 162 Å². The van der Waals surface area contributed by atoms with Gasteiger partial charge in [-0.05, 0) is 42.5 Å². The molecular weight excluding hydrogens is 418 g/mol. The van der Waals surface area contributed by atoms with Crippen LogP contribution in [0.4, 0.5) is 20.3 Å². The van der Waals surface area contributed by atoms with Gasteiger partial charge in [0.1, 0.15) is 5.69 Å². The third kappa shape index (κ3) is 4.40.